The molecule has 0 saturated heterocycles. The van der Waals surface area contributed by atoms with E-state index < -0.39 is 0 Å². The molecular formula is C6H12Hf. The first kappa shape index (κ1) is 15.7. The van der Waals surface area contributed by atoms with Gasteiger partial charge in [0.2, 0.25) is 0 Å². The van der Waals surface area contributed by atoms with Crippen LogP contribution in [0.1, 0.15) is 13.8 Å². The van der Waals surface area contributed by atoms with Crippen LogP contribution in [0.3, 0.4) is 0 Å². The molecule has 0 saturated carbocycles. The average molecular weight is 263 g/mol. The largest absolute Gasteiger partial charge is 0.103 e. The first-order valence-electron chi connectivity index (χ1n) is 1.97. The minimum Gasteiger partial charge on any atom is -0.103 e. The normalized spacial score (nSPS) is 3.71. The number of rotatable bonds is 0. The van der Waals surface area contributed by atoms with Crippen molar-refractivity contribution in [2.24, 2.45) is 0 Å². The zero-order chi connectivity index (χ0) is 5.41. The average Bonchev–Trinajstić information content (AvgIpc) is 1.39. The van der Waals surface area contributed by atoms with Gasteiger partial charge in [-0.25, -0.2) is 0 Å². The molecule has 0 nitrogen and oxygen atoms in total. The second-order valence-electron chi connectivity index (χ2n) is 0.816. The monoisotopic (exact) mass is 264 g/mol. The summed E-state index contributed by atoms with van der Waals surface area (Å²) in [6.45, 7) is 10.5. The van der Waals surface area contributed by atoms with Gasteiger partial charge in [-0.05, 0) is 13.8 Å². The van der Waals surface area contributed by atoms with Gasteiger partial charge in [-0.3, -0.25) is 0 Å². The van der Waals surface area contributed by atoms with Crippen molar-refractivity contribution < 1.29 is 25.8 Å². The van der Waals surface area contributed by atoms with Crippen molar-refractivity contribution in [1.29, 1.82) is 0 Å². The molecule has 40 valence electrons. The Morgan fingerprint density at radius 1 is 1.00 bits per heavy atom. The first-order chi connectivity index (χ1) is 2.83. The van der Waals surface area contributed by atoms with E-state index in [0.717, 1.165) is 0 Å². The molecule has 7 heavy (non-hydrogen) atoms. The first-order valence-corrected chi connectivity index (χ1v) is 1.97. The Labute approximate surface area is 65.1 Å². The molecule has 0 spiro atoms. The van der Waals surface area contributed by atoms with Crippen molar-refractivity contribution in [3.8, 4) is 0 Å². The molecule has 0 atom stereocenters. The third-order valence-electron chi connectivity index (χ3n) is 0. The van der Waals surface area contributed by atoms with E-state index in [4.69, 9.17) is 0 Å². The SMILES string of the molecule is C=CC.C=CC.[Hf]. The summed E-state index contributed by atoms with van der Waals surface area (Å²) < 4.78 is 0. The Morgan fingerprint density at radius 3 is 1.00 bits per heavy atom. The molecule has 1 heteroatoms. The molecule has 0 aliphatic rings. The van der Waals surface area contributed by atoms with Gasteiger partial charge in [0.05, 0.1) is 0 Å². The van der Waals surface area contributed by atoms with Crippen molar-refractivity contribution in [3.63, 3.8) is 0 Å². The van der Waals surface area contributed by atoms with E-state index in [9.17, 15) is 0 Å². The van der Waals surface area contributed by atoms with Crippen LogP contribution in [0.25, 0.3) is 0 Å². The molecule has 0 aromatic carbocycles. The Kier molecular flexibility index (Phi) is 73.6. The van der Waals surface area contributed by atoms with E-state index in [0.29, 0.717) is 0 Å². The molecule has 0 amide bonds. The van der Waals surface area contributed by atoms with E-state index >= 15 is 0 Å². The van der Waals surface area contributed by atoms with E-state index in [1.54, 1.807) is 12.2 Å². The molecule has 0 aliphatic heterocycles. The van der Waals surface area contributed by atoms with E-state index in [1.807, 2.05) is 13.8 Å². The maximum absolute atomic E-state index is 3.36. The van der Waals surface area contributed by atoms with Crippen molar-refractivity contribution in [2.75, 3.05) is 0 Å². The fourth-order valence-corrected chi connectivity index (χ4v) is 0. The van der Waals surface area contributed by atoms with E-state index in [1.165, 1.54) is 0 Å². The topological polar surface area (TPSA) is 0 Å². The number of hydrogen-bond donors (Lipinski definition) is 0. The van der Waals surface area contributed by atoms with Crippen molar-refractivity contribution in [1.82, 2.24) is 0 Å². The van der Waals surface area contributed by atoms with Crippen LogP contribution >= 0.6 is 0 Å². The summed E-state index contributed by atoms with van der Waals surface area (Å²) in [6, 6.07) is 0. The van der Waals surface area contributed by atoms with Crippen LogP contribution < -0.4 is 0 Å². The quantitative estimate of drug-likeness (QED) is 0.464. The van der Waals surface area contributed by atoms with Crippen LogP contribution in [-0.2, 0) is 25.8 Å². The molecule has 0 heterocycles. The van der Waals surface area contributed by atoms with Gasteiger partial charge in [0, 0.05) is 25.8 Å². The van der Waals surface area contributed by atoms with Gasteiger partial charge >= 0.3 is 0 Å². The summed E-state index contributed by atoms with van der Waals surface area (Å²) >= 11 is 0. The zero-order valence-corrected chi connectivity index (χ0v) is 8.66. The van der Waals surface area contributed by atoms with Gasteiger partial charge in [0.1, 0.15) is 0 Å². The second kappa shape index (κ2) is 32.9. The Balaban J connectivity index is -0.0000000400. The third-order valence-corrected chi connectivity index (χ3v) is 0. The Hall–Kier alpha value is 0.350. The van der Waals surface area contributed by atoms with Crippen molar-refractivity contribution in [2.45, 2.75) is 13.8 Å². The maximum atomic E-state index is 3.36. The van der Waals surface area contributed by atoms with E-state index in [2.05, 4.69) is 13.2 Å². The minimum absolute atomic E-state index is 0. The molecule has 0 N–H and O–H groups in total. The maximum Gasteiger partial charge on any atom is 0 e. The molecule has 0 radical (unpaired) electrons. The summed E-state index contributed by atoms with van der Waals surface area (Å²) in [6.07, 6.45) is 3.50. The summed E-state index contributed by atoms with van der Waals surface area (Å²) in [4.78, 5) is 0. The predicted molar refractivity (Wildman–Crippen MR) is 31.7 cm³/mol. The van der Waals surface area contributed by atoms with Crippen LogP contribution in [0.15, 0.2) is 25.3 Å². The van der Waals surface area contributed by atoms with Crippen LogP contribution in [0.4, 0.5) is 0 Å². The fourth-order valence-electron chi connectivity index (χ4n) is 0. The Morgan fingerprint density at radius 2 is 1.00 bits per heavy atom. The standard InChI is InChI=1S/2C3H6.Hf/c2*1-3-2;/h2*3H,1H2,2H3;. The molecule has 0 unspecified atom stereocenters. The number of hydrogen-bond acceptors (Lipinski definition) is 0. The van der Waals surface area contributed by atoms with Gasteiger partial charge in [-0.1, -0.05) is 12.2 Å². The molecule has 0 aromatic heterocycles. The molecule has 0 bridgehead atoms. The smallest absolute Gasteiger partial charge is 0 e. The van der Waals surface area contributed by atoms with Gasteiger partial charge in [-0.2, -0.15) is 0 Å². The summed E-state index contributed by atoms with van der Waals surface area (Å²) in [5, 5.41) is 0. The molecule has 0 aromatic rings. The van der Waals surface area contributed by atoms with Crippen LogP contribution in [0.5, 0.6) is 0 Å². The summed E-state index contributed by atoms with van der Waals surface area (Å²) in [5.41, 5.74) is 0. The molecule has 0 fully saturated rings. The Bertz CT molecular complexity index is 25.2. The molecule has 0 rings (SSSR count). The van der Waals surface area contributed by atoms with Crippen LogP contribution in [-0.4, -0.2) is 0 Å². The van der Waals surface area contributed by atoms with Crippen LogP contribution in [0, 0.1) is 0 Å². The predicted octanol–water partition coefficient (Wildman–Crippen LogP) is 2.38. The van der Waals surface area contributed by atoms with E-state index in [-0.39, 0.29) is 25.8 Å². The fraction of sp³-hybridized carbons (Fsp3) is 0.333. The summed E-state index contributed by atoms with van der Waals surface area (Å²) in [5.74, 6) is 0. The van der Waals surface area contributed by atoms with Crippen molar-refractivity contribution in [3.05, 3.63) is 25.3 Å². The summed E-state index contributed by atoms with van der Waals surface area (Å²) in [7, 11) is 0. The van der Waals surface area contributed by atoms with Gasteiger partial charge in [-0.15, -0.1) is 13.2 Å². The zero-order valence-electron chi connectivity index (χ0n) is 5.07. The van der Waals surface area contributed by atoms with Crippen LogP contribution in [0.2, 0.25) is 0 Å². The van der Waals surface area contributed by atoms with Gasteiger partial charge in [0.25, 0.3) is 0 Å². The number of allylic oxidation sites excluding steroid dienone is 2. The van der Waals surface area contributed by atoms with Gasteiger partial charge < -0.3 is 0 Å². The molecule has 0 aliphatic carbocycles. The van der Waals surface area contributed by atoms with Gasteiger partial charge in [0.15, 0.2) is 0 Å². The minimum atomic E-state index is 0. The van der Waals surface area contributed by atoms with Crippen molar-refractivity contribution >= 4 is 0 Å². The molecular weight excluding hydrogens is 251 g/mol. The second-order valence-corrected chi connectivity index (χ2v) is 0.816. The third kappa shape index (κ3) is 980.